The number of hydrogen-bond acceptors (Lipinski definition) is 7. The highest BCUT2D eigenvalue weighted by Gasteiger charge is 2.59. The Bertz CT molecular complexity index is 1240. The highest BCUT2D eigenvalue weighted by molar-refractivity contribution is 7.93. The third kappa shape index (κ3) is 4.93. The van der Waals surface area contributed by atoms with Gasteiger partial charge in [0.2, 0.25) is 5.91 Å². The van der Waals surface area contributed by atoms with Gasteiger partial charge in [-0.25, -0.2) is 13.4 Å². The molecule has 1 aromatic carbocycles. The van der Waals surface area contributed by atoms with Gasteiger partial charge in [0.15, 0.2) is 5.13 Å². The summed E-state index contributed by atoms with van der Waals surface area (Å²) in [5, 5.41) is 21.6. The SMILES string of the molecule is CCN(CC)C(=O)CC1c2nc(NS(=O)(=O)c3ccc(C)cc3)sc2CC2C(C)(CO)C(O)CCC12C. The van der Waals surface area contributed by atoms with E-state index in [0.717, 1.165) is 16.1 Å². The van der Waals surface area contributed by atoms with Crippen LogP contribution < -0.4 is 4.72 Å². The van der Waals surface area contributed by atoms with Crippen LogP contribution in [0.4, 0.5) is 5.13 Å². The van der Waals surface area contributed by atoms with Crippen molar-refractivity contribution in [2.45, 2.75) is 77.2 Å². The topological polar surface area (TPSA) is 120 Å². The number of nitrogens with zero attached hydrogens (tertiary/aromatic N) is 2. The zero-order valence-electron chi connectivity index (χ0n) is 22.3. The minimum atomic E-state index is -3.83. The van der Waals surface area contributed by atoms with Crippen molar-refractivity contribution >= 4 is 32.4 Å². The molecule has 5 unspecified atom stereocenters. The number of hydrogen-bond donors (Lipinski definition) is 3. The summed E-state index contributed by atoms with van der Waals surface area (Å²) in [6, 6.07) is 6.65. The molecule has 10 heteroatoms. The molecule has 2 aliphatic rings. The zero-order valence-corrected chi connectivity index (χ0v) is 24.0. The van der Waals surface area contributed by atoms with Crippen molar-refractivity contribution in [3.05, 3.63) is 40.4 Å². The first-order valence-electron chi connectivity index (χ1n) is 13.0. The van der Waals surface area contributed by atoms with Gasteiger partial charge in [0.25, 0.3) is 10.0 Å². The minimum absolute atomic E-state index is 0.0365. The lowest BCUT2D eigenvalue weighted by molar-refractivity contribution is -0.147. The Balaban J connectivity index is 1.76. The number of aryl methyl sites for hydroxylation is 1. The van der Waals surface area contributed by atoms with E-state index in [4.69, 9.17) is 4.98 Å². The molecule has 3 N–H and O–H groups in total. The van der Waals surface area contributed by atoms with Crippen molar-refractivity contribution in [3.63, 3.8) is 0 Å². The normalized spacial score (nSPS) is 29.3. The Morgan fingerprint density at radius 3 is 2.46 bits per heavy atom. The average Bonchev–Trinajstić information content (AvgIpc) is 3.25. The molecule has 2 aliphatic carbocycles. The molecule has 1 aromatic heterocycles. The number of thiazole rings is 1. The third-order valence-corrected chi connectivity index (χ3v) is 11.4. The maximum Gasteiger partial charge on any atom is 0.263 e. The Morgan fingerprint density at radius 2 is 1.86 bits per heavy atom. The lowest BCUT2D eigenvalue weighted by Gasteiger charge is -2.58. The number of rotatable bonds is 8. The summed E-state index contributed by atoms with van der Waals surface area (Å²) in [5.41, 5.74) is 0.623. The van der Waals surface area contributed by atoms with Crippen molar-refractivity contribution < 1.29 is 23.4 Å². The van der Waals surface area contributed by atoms with Crippen molar-refractivity contribution in [3.8, 4) is 0 Å². The number of aromatic nitrogens is 1. The summed E-state index contributed by atoms with van der Waals surface area (Å²) in [5.74, 6) is -0.297. The molecule has 2 aromatic rings. The maximum atomic E-state index is 13.3. The van der Waals surface area contributed by atoms with E-state index in [9.17, 15) is 23.4 Å². The zero-order chi connectivity index (χ0) is 27.2. The molecule has 1 amide bonds. The Morgan fingerprint density at radius 1 is 1.22 bits per heavy atom. The lowest BCUT2D eigenvalue weighted by atomic mass is 9.47. The second-order valence-corrected chi connectivity index (χ2v) is 13.8. The number of aliphatic hydroxyl groups excluding tert-OH is 2. The number of fused-ring (bicyclic) bond motifs is 2. The molecule has 1 saturated carbocycles. The Kier molecular flexibility index (Phi) is 7.78. The summed E-state index contributed by atoms with van der Waals surface area (Å²) in [6.07, 6.45) is 1.41. The number of amides is 1. The van der Waals surface area contributed by atoms with Gasteiger partial charge < -0.3 is 15.1 Å². The second-order valence-electron chi connectivity index (χ2n) is 11.0. The summed E-state index contributed by atoms with van der Waals surface area (Å²) in [4.78, 5) is 21.0. The fourth-order valence-electron chi connectivity index (χ4n) is 6.46. The number of anilines is 1. The predicted molar refractivity (Wildman–Crippen MR) is 145 cm³/mol. The summed E-state index contributed by atoms with van der Waals surface area (Å²) >= 11 is 1.29. The molecule has 8 nitrogen and oxygen atoms in total. The quantitative estimate of drug-likeness (QED) is 0.459. The Hall–Kier alpha value is -2.01. The number of sulfonamides is 1. The lowest BCUT2D eigenvalue weighted by Crippen LogP contribution is -2.57. The molecule has 0 aliphatic heterocycles. The smallest absolute Gasteiger partial charge is 0.263 e. The van der Waals surface area contributed by atoms with E-state index < -0.39 is 21.5 Å². The molecule has 0 spiro atoms. The van der Waals surface area contributed by atoms with Gasteiger partial charge in [-0.3, -0.25) is 9.52 Å². The van der Waals surface area contributed by atoms with Crippen molar-refractivity contribution in [2.24, 2.45) is 16.7 Å². The average molecular weight is 550 g/mol. The highest BCUT2D eigenvalue weighted by atomic mass is 32.2. The number of carbonyl (C=O) groups is 1. The minimum Gasteiger partial charge on any atom is -0.396 e. The number of benzene rings is 1. The van der Waals surface area contributed by atoms with Gasteiger partial charge in [-0.1, -0.05) is 31.5 Å². The Labute approximate surface area is 224 Å². The van der Waals surface area contributed by atoms with Crippen LogP contribution in [-0.2, 0) is 21.2 Å². The van der Waals surface area contributed by atoms with Crippen molar-refractivity contribution in [1.82, 2.24) is 9.88 Å². The first kappa shape index (κ1) is 28.0. The summed E-state index contributed by atoms with van der Waals surface area (Å²) < 4.78 is 28.8. The highest BCUT2D eigenvalue weighted by Crippen LogP contribution is 2.63. The van der Waals surface area contributed by atoms with E-state index in [2.05, 4.69) is 11.6 Å². The van der Waals surface area contributed by atoms with Crippen LogP contribution in [-0.4, -0.2) is 60.2 Å². The maximum absolute atomic E-state index is 13.3. The van der Waals surface area contributed by atoms with Gasteiger partial charge in [-0.15, -0.1) is 11.3 Å². The van der Waals surface area contributed by atoms with Crippen LogP contribution in [0, 0.1) is 23.7 Å². The van der Waals surface area contributed by atoms with Crippen LogP contribution in [0.3, 0.4) is 0 Å². The monoisotopic (exact) mass is 549 g/mol. The third-order valence-electron chi connectivity index (χ3n) is 8.94. The van der Waals surface area contributed by atoms with Crippen LogP contribution in [0.25, 0.3) is 0 Å². The van der Waals surface area contributed by atoms with Gasteiger partial charge >= 0.3 is 0 Å². The van der Waals surface area contributed by atoms with E-state index in [1.165, 1.54) is 11.3 Å². The first-order chi connectivity index (χ1) is 17.4. The van der Waals surface area contributed by atoms with Crippen LogP contribution in [0.1, 0.15) is 69.0 Å². The molecule has 1 fully saturated rings. The first-order valence-corrected chi connectivity index (χ1v) is 15.3. The molecule has 204 valence electrons. The van der Waals surface area contributed by atoms with Gasteiger partial charge in [-0.05, 0) is 63.5 Å². The molecule has 0 radical (unpaired) electrons. The molecule has 1 heterocycles. The van der Waals surface area contributed by atoms with Crippen LogP contribution in [0.15, 0.2) is 29.2 Å². The van der Waals surface area contributed by atoms with Gasteiger partial charge in [0.1, 0.15) is 0 Å². The summed E-state index contributed by atoms with van der Waals surface area (Å²) in [6.45, 7) is 11.0. The number of aliphatic hydroxyl groups is 2. The second kappa shape index (κ2) is 10.3. The molecular weight excluding hydrogens is 510 g/mol. The number of carbonyl (C=O) groups excluding carboxylic acids is 1. The molecule has 37 heavy (non-hydrogen) atoms. The molecule has 0 saturated heterocycles. The fraction of sp³-hybridized carbons (Fsp3) is 0.630. The van der Waals surface area contributed by atoms with E-state index in [1.807, 2.05) is 32.6 Å². The van der Waals surface area contributed by atoms with E-state index >= 15 is 0 Å². The van der Waals surface area contributed by atoms with Crippen LogP contribution in [0.5, 0.6) is 0 Å². The van der Waals surface area contributed by atoms with E-state index in [-0.39, 0.29) is 46.2 Å². The molecule has 0 bridgehead atoms. The van der Waals surface area contributed by atoms with Crippen molar-refractivity contribution in [2.75, 3.05) is 24.4 Å². The molecular formula is C27H39N3O5S2. The summed E-state index contributed by atoms with van der Waals surface area (Å²) in [7, 11) is -3.83. The largest absolute Gasteiger partial charge is 0.396 e. The van der Waals surface area contributed by atoms with E-state index in [0.29, 0.717) is 32.4 Å². The fourth-order valence-corrected chi connectivity index (χ4v) is 8.76. The molecule has 5 atom stereocenters. The van der Waals surface area contributed by atoms with Crippen LogP contribution >= 0.6 is 11.3 Å². The van der Waals surface area contributed by atoms with E-state index in [1.54, 1.807) is 24.3 Å². The van der Waals surface area contributed by atoms with Gasteiger partial charge in [0.05, 0.1) is 23.3 Å². The predicted octanol–water partition coefficient (Wildman–Crippen LogP) is 3.93. The van der Waals surface area contributed by atoms with Crippen molar-refractivity contribution in [1.29, 1.82) is 0 Å². The van der Waals surface area contributed by atoms with Crippen LogP contribution in [0.2, 0.25) is 0 Å². The standard InChI is InChI=1S/C27H39N3O5S2/c1-6-30(7-2)23(33)14-19-24-20(15-21-26(19,4)13-12-22(32)27(21,5)16-31)36-25(28-24)29-37(34,35)18-10-8-17(3)9-11-18/h8-11,19,21-22,31-32H,6-7,12-16H2,1-5H3,(H,28,29). The number of nitrogens with one attached hydrogen (secondary N) is 1. The van der Waals surface area contributed by atoms with Gasteiger partial charge in [0, 0.05) is 35.7 Å². The van der Waals surface area contributed by atoms with Gasteiger partial charge in [-0.2, -0.15) is 0 Å². The molecule has 4 rings (SSSR count).